The highest BCUT2D eigenvalue weighted by Gasteiger charge is 2.26. The molecule has 1 saturated heterocycles. The van der Waals surface area contributed by atoms with Crippen molar-refractivity contribution in [1.29, 1.82) is 0 Å². The lowest BCUT2D eigenvalue weighted by Gasteiger charge is -2.34. The van der Waals surface area contributed by atoms with Gasteiger partial charge in [0, 0.05) is 24.2 Å². The minimum absolute atomic E-state index is 0.379. The van der Waals surface area contributed by atoms with Crippen molar-refractivity contribution >= 4 is 0 Å². The highest BCUT2D eigenvalue weighted by atomic mass is 16.5. The van der Waals surface area contributed by atoms with Crippen molar-refractivity contribution in [3.8, 4) is 5.75 Å². The van der Waals surface area contributed by atoms with Gasteiger partial charge in [0.05, 0.1) is 7.11 Å². The molecule has 2 atom stereocenters. The maximum Gasteiger partial charge on any atom is 0.123 e. The predicted molar refractivity (Wildman–Crippen MR) is 111 cm³/mol. The zero-order valence-corrected chi connectivity index (χ0v) is 16.4. The molecule has 0 unspecified atom stereocenters. The third kappa shape index (κ3) is 4.36. The molecule has 2 aromatic carbocycles. The molecular formula is C24H32N2O. The van der Waals surface area contributed by atoms with Crippen LogP contribution in [0.4, 0.5) is 0 Å². The van der Waals surface area contributed by atoms with Gasteiger partial charge in [-0.05, 0) is 55.3 Å². The van der Waals surface area contributed by atoms with Gasteiger partial charge in [0.2, 0.25) is 0 Å². The minimum atomic E-state index is 0.379. The van der Waals surface area contributed by atoms with Gasteiger partial charge in [-0.15, -0.1) is 0 Å². The first-order chi connectivity index (χ1) is 13.3. The number of rotatable bonds is 6. The van der Waals surface area contributed by atoms with Crippen LogP contribution in [0.15, 0.2) is 48.5 Å². The summed E-state index contributed by atoms with van der Waals surface area (Å²) in [5.41, 5.74) is 4.16. The second kappa shape index (κ2) is 8.90. The summed E-state index contributed by atoms with van der Waals surface area (Å²) in [6, 6.07) is 18.5. The number of nitrogens with one attached hydrogen (secondary N) is 2. The monoisotopic (exact) mass is 364 g/mol. The summed E-state index contributed by atoms with van der Waals surface area (Å²) in [6.45, 7) is 1.96. The Kier molecular flexibility index (Phi) is 6.10. The molecule has 0 aromatic heterocycles. The van der Waals surface area contributed by atoms with Gasteiger partial charge in [-0.2, -0.15) is 0 Å². The second-order valence-electron chi connectivity index (χ2n) is 8.02. The molecule has 0 bridgehead atoms. The maximum atomic E-state index is 5.66. The summed E-state index contributed by atoms with van der Waals surface area (Å²) in [5, 5.41) is 7.55. The van der Waals surface area contributed by atoms with Crippen LogP contribution in [0.25, 0.3) is 0 Å². The SMILES string of the molecule is COc1ccc(C2CCCC2)cc1CN[C@H]1CCCN[C@H]1c1ccccc1. The summed E-state index contributed by atoms with van der Waals surface area (Å²) < 4.78 is 5.66. The van der Waals surface area contributed by atoms with Crippen LogP contribution >= 0.6 is 0 Å². The van der Waals surface area contributed by atoms with Crippen LogP contribution in [0.3, 0.4) is 0 Å². The van der Waals surface area contributed by atoms with Gasteiger partial charge in [-0.25, -0.2) is 0 Å². The normalized spacial score (nSPS) is 23.4. The standard InChI is InChI=1S/C24H32N2O/c1-27-23-14-13-20(18-8-5-6-9-18)16-21(23)17-26-22-12-7-15-25-24(22)19-10-3-2-4-11-19/h2-4,10-11,13-14,16,18,22,24-26H,5-9,12,15,17H2,1H3/t22-,24-/m0/s1. The Hall–Kier alpha value is -1.84. The van der Waals surface area contributed by atoms with Crippen LogP contribution in [0, 0.1) is 0 Å². The smallest absolute Gasteiger partial charge is 0.123 e. The first-order valence-corrected chi connectivity index (χ1v) is 10.5. The Balaban J connectivity index is 1.48. The molecule has 1 aliphatic carbocycles. The molecule has 4 rings (SSSR count). The van der Waals surface area contributed by atoms with Crippen molar-refractivity contribution in [2.45, 2.75) is 63.1 Å². The molecule has 1 saturated carbocycles. The molecule has 0 radical (unpaired) electrons. The van der Waals surface area contributed by atoms with Crippen molar-refractivity contribution in [3.05, 3.63) is 65.2 Å². The van der Waals surface area contributed by atoms with E-state index in [1.807, 2.05) is 0 Å². The van der Waals surface area contributed by atoms with E-state index in [-0.39, 0.29) is 0 Å². The van der Waals surface area contributed by atoms with Crippen molar-refractivity contribution in [3.63, 3.8) is 0 Å². The minimum Gasteiger partial charge on any atom is -0.496 e. The van der Waals surface area contributed by atoms with Gasteiger partial charge < -0.3 is 15.4 Å². The lowest BCUT2D eigenvalue weighted by molar-refractivity contribution is 0.303. The molecule has 27 heavy (non-hydrogen) atoms. The average Bonchev–Trinajstić information content (AvgIpc) is 3.28. The summed E-state index contributed by atoms with van der Waals surface area (Å²) in [6.07, 6.45) is 7.84. The van der Waals surface area contributed by atoms with E-state index in [0.717, 1.165) is 24.8 Å². The van der Waals surface area contributed by atoms with Crippen LogP contribution in [0.2, 0.25) is 0 Å². The van der Waals surface area contributed by atoms with E-state index in [4.69, 9.17) is 4.74 Å². The van der Waals surface area contributed by atoms with Gasteiger partial charge in [0.1, 0.15) is 5.75 Å². The molecule has 1 aliphatic heterocycles. The number of benzene rings is 2. The lowest BCUT2D eigenvalue weighted by Crippen LogP contribution is -2.45. The average molecular weight is 365 g/mol. The van der Waals surface area contributed by atoms with E-state index in [9.17, 15) is 0 Å². The van der Waals surface area contributed by atoms with Crippen LogP contribution in [0.5, 0.6) is 5.75 Å². The van der Waals surface area contributed by atoms with E-state index in [1.54, 1.807) is 7.11 Å². The second-order valence-corrected chi connectivity index (χ2v) is 8.02. The Morgan fingerprint density at radius 3 is 2.56 bits per heavy atom. The molecule has 0 amide bonds. The first-order valence-electron chi connectivity index (χ1n) is 10.5. The van der Waals surface area contributed by atoms with Crippen LogP contribution in [-0.4, -0.2) is 19.7 Å². The van der Waals surface area contributed by atoms with Gasteiger partial charge in [0.15, 0.2) is 0 Å². The lowest BCUT2D eigenvalue weighted by atomic mass is 9.91. The molecule has 144 valence electrons. The van der Waals surface area contributed by atoms with Crippen molar-refractivity contribution in [2.75, 3.05) is 13.7 Å². The Labute approximate surface area is 163 Å². The van der Waals surface area contributed by atoms with Crippen LogP contribution in [-0.2, 0) is 6.54 Å². The van der Waals surface area contributed by atoms with Crippen molar-refractivity contribution in [2.24, 2.45) is 0 Å². The van der Waals surface area contributed by atoms with Gasteiger partial charge in [-0.1, -0.05) is 55.3 Å². The number of piperidine rings is 1. The summed E-state index contributed by atoms with van der Waals surface area (Å²) in [5.74, 6) is 1.74. The van der Waals surface area contributed by atoms with Gasteiger partial charge >= 0.3 is 0 Å². The van der Waals surface area contributed by atoms with Crippen molar-refractivity contribution in [1.82, 2.24) is 10.6 Å². The topological polar surface area (TPSA) is 33.3 Å². The summed E-state index contributed by atoms with van der Waals surface area (Å²) >= 11 is 0. The zero-order valence-electron chi connectivity index (χ0n) is 16.4. The molecule has 3 heteroatoms. The van der Waals surface area contributed by atoms with Crippen LogP contribution in [0.1, 0.15) is 67.2 Å². The molecule has 2 aromatic rings. The number of ether oxygens (including phenoxy) is 1. The fourth-order valence-corrected chi connectivity index (χ4v) is 4.81. The highest BCUT2D eigenvalue weighted by molar-refractivity contribution is 5.39. The van der Waals surface area contributed by atoms with Crippen LogP contribution < -0.4 is 15.4 Å². The Morgan fingerprint density at radius 2 is 1.78 bits per heavy atom. The molecule has 2 aliphatic rings. The number of methoxy groups -OCH3 is 1. The molecule has 3 nitrogen and oxygen atoms in total. The van der Waals surface area contributed by atoms with E-state index in [0.29, 0.717) is 12.1 Å². The number of hydrogen-bond donors (Lipinski definition) is 2. The van der Waals surface area contributed by atoms with E-state index < -0.39 is 0 Å². The van der Waals surface area contributed by atoms with E-state index in [2.05, 4.69) is 59.2 Å². The van der Waals surface area contributed by atoms with Crippen molar-refractivity contribution < 1.29 is 4.74 Å². The summed E-state index contributed by atoms with van der Waals surface area (Å²) in [7, 11) is 1.78. The number of hydrogen-bond acceptors (Lipinski definition) is 3. The fourth-order valence-electron chi connectivity index (χ4n) is 4.81. The highest BCUT2D eigenvalue weighted by Crippen LogP contribution is 2.36. The maximum absolute atomic E-state index is 5.66. The molecule has 1 heterocycles. The molecule has 2 fully saturated rings. The quantitative estimate of drug-likeness (QED) is 0.762. The largest absolute Gasteiger partial charge is 0.496 e. The first kappa shape index (κ1) is 18.5. The fraction of sp³-hybridized carbons (Fsp3) is 0.500. The molecular weight excluding hydrogens is 332 g/mol. The van der Waals surface area contributed by atoms with Gasteiger partial charge in [-0.3, -0.25) is 0 Å². The summed E-state index contributed by atoms with van der Waals surface area (Å²) in [4.78, 5) is 0. The molecule has 0 spiro atoms. The third-order valence-corrected chi connectivity index (χ3v) is 6.30. The van der Waals surface area contributed by atoms with E-state index in [1.165, 1.54) is 55.2 Å². The Bertz CT molecular complexity index is 724. The zero-order chi connectivity index (χ0) is 18.5. The molecule has 2 N–H and O–H groups in total. The van der Waals surface area contributed by atoms with E-state index >= 15 is 0 Å². The van der Waals surface area contributed by atoms with Gasteiger partial charge in [0.25, 0.3) is 0 Å². The predicted octanol–water partition coefficient (Wildman–Crippen LogP) is 4.94. The Morgan fingerprint density at radius 1 is 0.963 bits per heavy atom. The third-order valence-electron chi connectivity index (χ3n) is 6.30.